The first-order chi connectivity index (χ1) is 5.70. The minimum Gasteiger partial charge on any atom is -0.447 e. The van der Waals surface area contributed by atoms with Crippen molar-refractivity contribution in [3.8, 4) is 0 Å². The van der Waals surface area contributed by atoms with Crippen molar-refractivity contribution < 1.29 is 9.53 Å². The summed E-state index contributed by atoms with van der Waals surface area (Å²) in [7, 11) is 0. The summed E-state index contributed by atoms with van der Waals surface area (Å²) in [4.78, 5) is 10.6. The van der Waals surface area contributed by atoms with E-state index in [2.05, 4.69) is 0 Å². The summed E-state index contributed by atoms with van der Waals surface area (Å²) in [6.45, 7) is 1.41. The number of nitrogens with two attached hydrogens (primary N) is 1. The van der Waals surface area contributed by atoms with Crippen molar-refractivity contribution >= 4 is 5.97 Å². The zero-order chi connectivity index (χ0) is 8.97. The van der Waals surface area contributed by atoms with Gasteiger partial charge in [-0.25, -0.2) is 0 Å². The molecule has 1 atom stereocenters. The highest BCUT2D eigenvalue weighted by molar-refractivity contribution is 5.66. The molecule has 0 unspecified atom stereocenters. The Labute approximate surface area is 73.3 Å². The maximum atomic E-state index is 10.6. The molecule has 0 bridgehead atoms. The van der Waals surface area contributed by atoms with Crippen molar-refractivity contribution in [3.63, 3.8) is 0 Å². The molecular formula is C9H17NO2. The van der Waals surface area contributed by atoms with Gasteiger partial charge < -0.3 is 4.74 Å². The first kappa shape index (κ1) is 9.52. The second-order valence-corrected chi connectivity index (χ2v) is 3.47. The molecule has 0 amide bonds. The smallest absolute Gasteiger partial charge is 0.304 e. The molecule has 1 aliphatic carbocycles. The molecule has 3 nitrogen and oxygen atoms in total. The Hall–Kier alpha value is -0.570. The molecule has 1 rings (SSSR count). The van der Waals surface area contributed by atoms with Crippen molar-refractivity contribution in [2.45, 2.75) is 45.3 Å². The number of hydrogen-bond donors (Lipinski definition) is 1. The minimum atomic E-state index is -0.372. The summed E-state index contributed by atoms with van der Waals surface area (Å²) in [6, 6.07) is 0. The van der Waals surface area contributed by atoms with Crippen LogP contribution in [0.3, 0.4) is 0 Å². The van der Waals surface area contributed by atoms with E-state index in [4.69, 9.17) is 10.5 Å². The maximum absolute atomic E-state index is 10.6. The van der Waals surface area contributed by atoms with E-state index in [1.165, 1.54) is 26.2 Å². The SMILES string of the molecule is CC(=O)O[C@H](N)C1CCCCC1. The fourth-order valence-electron chi connectivity index (χ4n) is 1.75. The van der Waals surface area contributed by atoms with Crippen LogP contribution in [0.1, 0.15) is 39.0 Å². The summed E-state index contributed by atoms with van der Waals surface area (Å²) in [5, 5.41) is 0. The van der Waals surface area contributed by atoms with Crippen molar-refractivity contribution in [3.05, 3.63) is 0 Å². The number of ether oxygens (including phenoxy) is 1. The van der Waals surface area contributed by atoms with Gasteiger partial charge in [-0.05, 0) is 12.8 Å². The van der Waals surface area contributed by atoms with Gasteiger partial charge in [-0.15, -0.1) is 0 Å². The first-order valence-corrected chi connectivity index (χ1v) is 4.63. The summed E-state index contributed by atoms with van der Waals surface area (Å²) < 4.78 is 4.93. The molecule has 0 aromatic carbocycles. The molecule has 0 aromatic rings. The average Bonchev–Trinajstić information content (AvgIpc) is 2.05. The normalized spacial score (nSPS) is 21.8. The van der Waals surface area contributed by atoms with Crippen LogP contribution in [-0.2, 0) is 9.53 Å². The highest BCUT2D eigenvalue weighted by atomic mass is 16.6. The fraction of sp³-hybridized carbons (Fsp3) is 0.889. The molecule has 2 N–H and O–H groups in total. The summed E-state index contributed by atoms with van der Waals surface area (Å²) >= 11 is 0. The topological polar surface area (TPSA) is 52.3 Å². The number of carbonyl (C=O) groups is 1. The van der Waals surface area contributed by atoms with Crippen molar-refractivity contribution in [2.75, 3.05) is 0 Å². The molecule has 1 fully saturated rings. The van der Waals surface area contributed by atoms with E-state index in [9.17, 15) is 4.79 Å². The highest BCUT2D eigenvalue weighted by Gasteiger charge is 2.22. The second-order valence-electron chi connectivity index (χ2n) is 3.47. The Morgan fingerprint density at radius 2 is 2.00 bits per heavy atom. The molecule has 1 aliphatic rings. The molecule has 1 saturated carbocycles. The van der Waals surface area contributed by atoms with Crippen LogP contribution in [0.2, 0.25) is 0 Å². The predicted octanol–water partition coefficient (Wildman–Crippen LogP) is 1.41. The number of esters is 1. The standard InChI is InChI=1S/C9H17NO2/c1-7(11)12-9(10)8-5-3-2-4-6-8/h8-9H,2-6,10H2,1H3/t9-/m0/s1. The Bertz CT molecular complexity index is 153. The third-order valence-electron chi connectivity index (χ3n) is 2.42. The molecule has 0 heterocycles. The van der Waals surface area contributed by atoms with Gasteiger partial charge in [0.05, 0.1) is 0 Å². The quantitative estimate of drug-likeness (QED) is 0.505. The minimum absolute atomic E-state index is 0.270. The lowest BCUT2D eigenvalue weighted by molar-refractivity contribution is -0.149. The Morgan fingerprint density at radius 3 is 2.50 bits per heavy atom. The van der Waals surface area contributed by atoms with E-state index in [1.54, 1.807) is 0 Å². The van der Waals surface area contributed by atoms with Gasteiger partial charge in [0.1, 0.15) is 0 Å². The monoisotopic (exact) mass is 171 g/mol. The van der Waals surface area contributed by atoms with Crippen LogP contribution in [0.4, 0.5) is 0 Å². The summed E-state index contributed by atoms with van der Waals surface area (Å²) in [5.74, 6) is 0.121. The van der Waals surface area contributed by atoms with E-state index in [0.29, 0.717) is 5.92 Å². The van der Waals surface area contributed by atoms with Gasteiger partial charge in [-0.3, -0.25) is 10.5 Å². The highest BCUT2D eigenvalue weighted by Crippen LogP contribution is 2.25. The predicted molar refractivity (Wildman–Crippen MR) is 46.3 cm³/mol. The van der Waals surface area contributed by atoms with Crippen LogP contribution < -0.4 is 5.73 Å². The van der Waals surface area contributed by atoms with Crippen LogP contribution in [0, 0.1) is 5.92 Å². The van der Waals surface area contributed by atoms with Gasteiger partial charge in [0, 0.05) is 12.8 Å². The van der Waals surface area contributed by atoms with Gasteiger partial charge in [0.2, 0.25) is 0 Å². The van der Waals surface area contributed by atoms with E-state index in [0.717, 1.165) is 12.8 Å². The molecule has 0 saturated heterocycles. The van der Waals surface area contributed by atoms with E-state index in [-0.39, 0.29) is 12.2 Å². The van der Waals surface area contributed by atoms with Gasteiger partial charge in [-0.2, -0.15) is 0 Å². The van der Waals surface area contributed by atoms with Gasteiger partial charge in [-0.1, -0.05) is 19.3 Å². The molecule has 3 heteroatoms. The number of carbonyl (C=O) groups excluding carboxylic acids is 1. The summed E-state index contributed by atoms with van der Waals surface area (Å²) in [5.41, 5.74) is 5.71. The van der Waals surface area contributed by atoms with Crippen molar-refractivity contribution in [2.24, 2.45) is 11.7 Å². The van der Waals surface area contributed by atoms with Crippen LogP contribution in [0.15, 0.2) is 0 Å². The fourth-order valence-corrected chi connectivity index (χ4v) is 1.75. The Kier molecular flexibility index (Phi) is 3.53. The van der Waals surface area contributed by atoms with Crippen molar-refractivity contribution in [1.29, 1.82) is 0 Å². The Balaban J connectivity index is 2.29. The zero-order valence-corrected chi connectivity index (χ0v) is 7.58. The van der Waals surface area contributed by atoms with Crippen LogP contribution in [-0.4, -0.2) is 12.2 Å². The average molecular weight is 171 g/mol. The lowest BCUT2D eigenvalue weighted by atomic mass is 9.88. The molecule has 70 valence electrons. The first-order valence-electron chi connectivity index (χ1n) is 4.63. The molecule has 0 aromatic heterocycles. The molecule has 12 heavy (non-hydrogen) atoms. The lowest BCUT2D eigenvalue weighted by Crippen LogP contribution is -2.35. The molecular weight excluding hydrogens is 154 g/mol. The van der Waals surface area contributed by atoms with Gasteiger partial charge in [0.15, 0.2) is 6.23 Å². The second kappa shape index (κ2) is 4.45. The summed E-state index contributed by atoms with van der Waals surface area (Å²) in [6.07, 6.45) is 5.58. The van der Waals surface area contributed by atoms with E-state index >= 15 is 0 Å². The molecule has 0 spiro atoms. The maximum Gasteiger partial charge on any atom is 0.304 e. The molecule has 0 aliphatic heterocycles. The van der Waals surface area contributed by atoms with E-state index < -0.39 is 0 Å². The van der Waals surface area contributed by atoms with Gasteiger partial charge >= 0.3 is 5.97 Å². The Morgan fingerprint density at radius 1 is 1.42 bits per heavy atom. The third kappa shape index (κ3) is 2.81. The molecule has 0 radical (unpaired) electrons. The van der Waals surface area contributed by atoms with Crippen LogP contribution in [0.25, 0.3) is 0 Å². The van der Waals surface area contributed by atoms with Crippen LogP contribution in [0.5, 0.6) is 0 Å². The van der Waals surface area contributed by atoms with E-state index in [1.807, 2.05) is 0 Å². The lowest BCUT2D eigenvalue weighted by Gasteiger charge is -2.26. The third-order valence-corrected chi connectivity index (χ3v) is 2.42. The largest absolute Gasteiger partial charge is 0.447 e. The number of hydrogen-bond acceptors (Lipinski definition) is 3. The van der Waals surface area contributed by atoms with Crippen molar-refractivity contribution in [1.82, 2.24) is 0 Å². The van der Waals surface area contributed by atoms with Gasteiger partial charge in [0.25, 0.3) is 0 Å². The number of rotatable bonds is 2. The zero-order valence-electron chi connectivity index (χ0n) is 7.58. The van der Waals surface area contributed by atoms with Crippen LogP contribution >= 0.6 is 0 Å².